The predicted molar refractivity (Wildman–Crippen MR) is 77.5 cm³/mol. The highest BCUT2D eigenvalue weighted by atomic mass is 32.2. The van der Waals surface area contributed by atoms with E-state index in [1.165, 1.54) is 6.92 Å². The molecule has 0 saturated carbocycles. The molecule has 0 spiro atoms. The molecule has 0 heterocycles. The van der Waals surface area contributed by atoms with Gasteiger partial charge in [-0.2, -0.15) is 0 Å². The first-order valence-corrected chi connectivity index (χ1v) is 7.54. The van der Waals surface area contributed by atoms with Crippen LogP contribution in [0.2, 0.25) is 0 Å². The zero-order valence-corrected chi connectivity index (χ0v) is 13.3. The number of alkyl halides is 2. The minimum absolute atomic E-state index is 0.317. The van der Waals surface area contributed by atoms with Crippen LogP contribution < -0.4 is 4.72 Å². The number of nitrogens with one attached hydrogen (secondary N) is 1. The lowest BCUT2D eigenvalue weighted by Crippen LogP contribution is -2.40. The number of hydrogen-bond donors (Lipinski definition) is 1. The molecule has 0 radical (unpaired) electrons. The van der Waals surface area contributed by atoms with Gasteiger partial charge in [0.25, 0.3) is 12.1 Å². The van der Waals surface area contributed by atoms with Crippen LogP contribution in [0.15, 0.2) is 12.1 Å². The van der Waals surface area contributed by atoms with Crippen molar-refractivity contribution in [2.45, 2.75) is 44.9 Å². The summed E-state index contributed by atoms with van der Waals surface area (Å²) in [7, 11) is 0. The van der Waals surface area contributed by atoms with E-state index in [-0.39, 0.29) is 5.56 Å². The SMILES string of the molecule is C[C@@H](N[S+]([O-])C(C)(C)C)c1cc([N+](=O)[O-])cc(C(F)F)c1F. The molecule has 1 aromatic rings. The van der Waals surface area contributed by atoms with Crippen molar-refractivity contribution in [2.75, 3.05) is 0 Å². The summed E-state index contributed by atoms with van der Waals surface area (Å²) in [5, 5.41) is 10.8. The Morgan fingerprint density at radius 3 is 2.18 bits per heavy atom. The van der Waals surface area contributed by atoms with Gasteiger partial charge in [0.2, 0.25) is 0 Å². The Morgan fingerprint density at radius 2 is 1.77 bits per heavy atom. The molecule has 0 fully saturated rings. The Balaban J connectivity index is 3.25. The Kier molecular flexibility index (Phi) is 5.82. The van der Waals surface area contributed by atoms with Crippen LogP contribution in [0.5, 0.6) is 0 Å². The molecule has 124 valence electrons. The zero-order valence-electron chi connectivity index (χ0n) is 12.5. The van der Waals surface area contributed by atoms with E-state index in [0.717, 1.165) is 6.07 Å². The molecule has 0 amide bonds. The Hall–Kier alpha value is -1.32. The van der Waals surface area contributed by atoms with Crippen molar-refractivity contribution < 1.29 is 22.6 Å². The molecule has 0 aromatic heterocycles. The van der Waals surface area contributed by atoms with E-state index in [0.29, 0.717) is 6.07 Å². The topological polar surface area (TPSA) is 78.2 Å². The van der Waals surface area contributed by atoms with Gasteiger partial charge in [0.1, 0.15) is 10.6 Å². The lowest BCUT2D eigenvalue weighted by molar-refractivity contribution is -0.385. The van der Waals surface area contributed by atoms with Crippen LogP contribution in [0.25, 0.3) is 0 Å². The molecule has 0 aliphatic heterocycles. The normalized spacial score (nSPS) is 15.0. The highest BCUT2D eigenvalue weighted by Crippen LogP contribution is 2.32. The number of halogens is 3. The van der Waals surface area contributed by atoms with E-state index in [1.807, 2.05) is 0 Å². The molecule has 5 nitrogen and oxygen atoms in total. The molecule has 1 N–H and O–H groups in total. The second-order valence-electron chi connectivity index (χ2n) is 5.72. The van der Waals surface area contributed by atoms with Crippen LogP contribution >= 0.6 is 0 Å². The number of rotatable bonds is 5. The molecule has 0 aliphatic rings. The molecule has 1 aromatic carbocycles. The zero-order chi connectivity index (χ0) is 17.2. The van der Waals surface area contributed by atoms with Crippen LogP contribution in [0, 0.1) is 15.9 Å². The third kappa shape index (κ3) is 4.34. The van der Waals surface area contributed by atoms with Crippen molar-refractivity contribution in [1.82, 2.24) is 4.72 Å². The Morgan fingerprint density at radius 1 is 1.27 bits per heavy atom. The van der Waals surface area contributed by atoms with Gasteiger partial charge in [0.15, 0.2) is 0 Å². The summed E-state index contributed by atoms with van der Waals surface area (Å²) in [5.41, 5.74) is -2.00. The molecule has 0 saturated heterocycles. The standard InChI is InChI=1S/C13H17F3N2O3S/c1-7(17-22(21)13(2,3)4)9-5-8(18(19)20)6-10(11(9)14)12(15)16/h5-7,12,17H,1-4H3/t7-,22?/m1/s1. The van der Waals surface area contributed by atoms with Crippen molar-refractivity contribution in [3.8, 4) is 0 Å². The summed E-state index contributed by atoms with van der Waals surface area (Å²) in [5.74, 6) is -1.23. The largest absolute Gasteiger partial charge is 0.598 e. The molecule has 1 rings (SSSR count). The smallest absolute Gasteiger partial charge is 0.270 e. The maximum absolute atomic E-state index is 14.1. The van der Waals surface area contributed by atoms with Gasteiger partial charge in [-0.25, -0.2) is 13.2 Å². The molecule has 1 unspecified atom stereocenters. The van der Waals surface area contributed by atoms with Gasteiger partial charge in [0, 0.05) is 29.1 Å². The summed E-state index contributed by atoms with van der Waals surface area (Å²) in [6.07, 6.45) is -3.18. The van der Waals surface area contributed by atoms with Gasteiger partial charge >= 0.3 is 0 Å². The number of nitrogens with zero attached hydrogens (tertiary/aromatic N) is 1. The van der Waals surface area contributed by atoms with E-state index < -0.39 is 50.6 Å². The predicted octanol–water partition coefficient (Wildman–Crippen LogP) is 3.78. The van der Waals surface area contributed by atoms with Crippen molar-refractivity contribution in [3.63, 3.8) is 0 Å². The second kappa shape index (κ2) is 6.84. The highest BCUT2D eigenvalue weighted by Gasteiger charge is 2.31. The Labute approximate surface area is 129 Å². The van der Waals surface area contributed by atoms with Gasteiger partial charge in [-0.1, -0.05) is 0 Å². The lowest BCUT2D eigenvalue weighted by atomic mass is 10.0. The van der Waals surface area contributed by atoms with Gasteiger partial charge in [-0.05, 0) is 27.7 Å². The van der Waals surface area contributed by atoms with Gasteiger partial charge in [-0.15, -0.1) is 4.72 Å². The number of benzene rings is 1. The monoisotopic (exact) mass is 338 g/mol. The minimum Gasteiger partial charge on any atom is -0.598 e. The number of nitro benzene ring substituents is 1. The van der Waals surface area contributed by atoms with Gasteiger partial charge in [0.05, 0.1) is 16.5 Å². The summed E-state index contributed by atoms with van der Waals surface area (Å²) < 4.78 is 53.7. The van der Waals surface area contributed by atoms with E-state index in [4.69, 9.17) is 0 Å². The highest BCUT2D eigenvalue weighted by molar-refractivity contribution is 7.90. The van der Waals surface area contributed by atoms with Crippen molar-refractivity contribution in [2.24, 2.45) is 0 Å². The summed E-state index contributed by atoms with van der Waals surface area (Å²) in [4.78, 5) is 9.93. The third-order valence-electron chi connectivity index (χ3n) is 2.87. The quantitative estimate of drug-likeness (QED) is 0.503. The fraction of sp³-hybridized carbons (Fsp3) is 0.538. The van der Waals surface area contributed by atoms with E-state index in [2.05, 4.69) is 4.72 Å². The average molecular weight is 338 g/mol. The number of nitro groups is 1. The lowest BCUT2D eigenvalue weighted by Gasteiger charge is -2.26. The summed E-state index contributed by atoms with van der Waals surface area (Å²) >= 11 is -1.58. The van der Waals surface area contributed by atoms with Gasteiger partial charge in [-0.3, -0.25) is 10.1 Å². The fourth-order valence-electron chi connectivity index (χ4n) is 1.63. The van der Waals surface area contributed by atoms with Crippen molar-refractivity contribution in [1.29, 1.82) is 0 Å². The maximum atomic E-state index is 14.1. The number of hydrogen-bond acceptors (Lipinski definition) is 4. The molecule has 0 bridgehead atoms. The fourth-order valence-corrected chi connectivity index (χ4v) is 2.44. The number of non-ortho nitro benzene ring substituents is 1. The maximum Gasteiger partial charge on any atom is 0.270 e. The molecule has 9 heteroatoms. The first-order valence-electron chi connectivity index (χ1n) is 6.39. The van der Waals surface area contributed by atoms with Crippen LogP contribution in [-0.4, -0.2) is 14.2 Å². The van der Waals surface area contributed by atoms with E-state index in [9.17, 15) is 27.8 Å². The summed E-state index contributed by atoms with van der Waals surface area (Å²) in [6, 6.07) is 0.452. The Bertz CT molecular complexity index is 564. The van der Waals surface area contributed by atoms with Crippen molar-refractivity contribution >= 4 is 17.0 Å². The first-order chi connectivity index (χ1) is 9.95. The van der Waals surface area contributed by atoms with E-state index >= 15 is 0 Å². The summed E-state index contributed by atoms with van der Waals surface area (Å²) in [6.45, 7) is 6.44. The van der Waals surface area contributed by atoms with Crippen LogP contribution in [0.1, 0.15) is 51.3 Å². The molecule has 0 aliphatic carbocycles. The molecule has 22 heavy (non-hydrogen) atoms. The van der Waals surface area contributed by atoms with Crippen LogP contribution in [0.4, 0.5) is 18.9 Å². The van der Waals surface area contributed by atoms with E-state index in [1.54, 1.807) is 20.8 Å². The molecular formula is C13H17F3N2O3S. The van der Waals surface area contributed by atoms with Crippen molar-refractivity contribution in [3.05, 3.63) is 39.2 Å². The second-order valence-corrected chi connectivity index (χ2v) is 7.71. The third-order valence-corrected chi connectivity index (χ3v) is 4.55. The molecular weight excluding hydrogens is 321 g/mol. The minimum atomic E-state index is -3.18. The van der Waals surface area contributed by atoms with Gasteiger partial charge < -0.3 is 4.55 Å². The first kappa shape index (κ1) is 18.7. The average Bonchev–Trinajstić information content (AvgIpc) is 2.36. The van der Waals surface area contributed by atoms with Crippen LogP contribution in [-0.2, 0) is 11.4 Å². The molecule has 2 atom stereocenters. The van der Waals surface area contributed by atoms with Crippen LogP contribution in [0.3, 0.4) is 0 Å².